The summed E-state index contributed by atoms with van der Waals surface area (Å²) in [5.41, 5.74) is -0.0731. The number of ether oxygens (including phenoxy) is 1. The molecule has 0 heterocycles. The van der Waals surface area contributed by atoms with Crippen molar-refractivity contribution in [3.63, 3.8) is 0 Å². The van der Waals surface area contributed by atoms with Crippen LogP contribution in [0.1, 0.15) is 15.9 Å². The van der Waals surface area contributed by atoms with E-state index in [0.717, 1.165) is 7.11 Å². The van der Waals surface area contributed by atoms with Gasteiger partial charge in [0.15, 0.2) is 0 Å². The second-order valence-corrected chi connectivity index (χ2v) is 3.06. The minimum Gasteiger partial charge on any atom is -0.465 e. The lowest BCUT2D eigenvalue weighted by Crippen LogP contribution is -2.21. The van der Waals surface area contributed by atoms with E-state index >= 15 is 0 Å². The molecule has 1 rings (SSSR count). The molecule has 1 aromatic rings. The first kappa shape index (κ1) is 11.6. The van der Waals surface area contributed by atoms with E-state index in [0.29, 0.717) is 0 Å². The Hall–Kier alpha value is -1.46. The Labute approximate surface area is 85.1 Å². The maximum Gasteiger partial charge on any atom is 0.482 e. The molecule has 0 aliphatic heterocycles. The smallest absolute Gasteiger partial charge is 0.465 e. The van der Waals surface area contributed by atoms with Gasteiger partial charge in [-0.3, -0.25) is 0 Å². The van der Waals surface area contributed by atoms with Gasteiger partial charge in [0.1, 0.15) is 0 Å². The first-order valence-corrected chi connectivity index (χ1v) is 4.31. The predicted octanol–water partition coefficient (Wildman–Crippen LogP) is 2.40. The van der Waals surface area contributed by atoms with Crippen molar-refractivity contribution in [3.8, 4) is 0 Å². The summed E-state index contributed by atoms with van der Waals surface area (Å²) in [6.07, 6.45) is -1.06. The number of hydrogen-bond donors (Lipinski definition) is 0. The van der Waals surface area contributed by atoms with Crippen molar-refractivity contribution < 1.29 is 22.5 Å². The minimum absolute atomic E-state index is 0.0285. The standard InChI is InChI=1S/C9H9BF3O2/c1-15-9(14)8-5-3-2-4-7(8)6-10(11,12)13/h2-5H,6H2,1H3/q-1. The van der Waals surface area contributed by atoms with Crippen LogP contribution in [0.3, 0.4) is 0 Å². The van der Waals surface area contributed by atoms with E-state index in [2.05, 4.69) is 4.74 Å². The molecule has 0 fully saturated rings. The van der Waals surface area contributed by atoms with Crippen LogP contribution in [0.25, 0.3) is 0 Å². The lowest BCUT2D eigenvalue weighted by molar-refractivity contribution is 0.0600. The van der Waals surface area contributed by atoms with Gasteiger partial charge in [0, 0.05) is 0 Å². The van der Waals surface area contributed by atoms with Gasteiger partial charge < -0.3 is 17.7 Å². The molecule has 0 N–H and O–H groups in total. The second-order valence-electron chi connectivity index (χ2n) is 3.06. The van der Waals surface area contributed by atoms with Gasteiger partial charge in [0.25, 0.3) is 0 Å². The lowest BCUT2D eigenvalue weighted by Gasteiger charge is -2.15. The lowest BCUT2D eigenvalue weighted by atomic mass is 9.80. The number of carbonyl (C=O) groups excluding carboxylic acids is 1. The molecule has 0 aliphatic carbocycles. The van der Waals surface area contributed by atoms with Gasteiger partial charge in [0.05, 0.1) is 12.7 Å². The molecule has 0 saturated heterocycles. The molecule has 0 aromatic heterocycles. The van der Waals surface area contributed by atoms with Crippen LogP contribution in [-0.4, -0.2) is 20.1 Å². The molecular formula is C9H9BF3O2-. The predicted molar refractivity (Wildman–Crippen MR) is 50.6 cm³/mol. The zero-order valence-corrected chi connectivity index (χ0v) is 8.04. The molecule has 15 heavy (non-hydrogen) atoms. The van der Waals surface area contributed by atoms with Crippen molar-refractivity contribution in [1.29, 1.82) is 0 Å². The van der Waals surface area contributed by atoms with Crippen LogP contribution in [0.2, 0.25) is 0 Å². The molecule has 0 bridgehead atoms. The zero-order chi connectivity index (χ0) is 11.5. The number of esters is 1. The fourth-order valence-corrected chi connectivity index (χ4v) is 1.26. The molecule has 6 heteroatoms. The fraction of sp³-hybridized carbons (Fsp3) is 0.222. The zero-order valence-electron chi connectivity index (χ0n) is 8.04. The normalized spacial score (nSPS) is 11.2. The van der Waals surface area contributed by atoms with Gasteiger partial charge in [-0.15, -0.1) is 0 Å². The molecule has 0 saturated carbocycles. The number of carbonyl (C=O) groups is 1. The number of benzene rings is 1. The SMILES string of the molecule is COC(=O)c1ccccc1C[B-](F)(F)F. The van der Waals surface area contributed by atoms with E-state index in [-0.39, 0.29) is 11.1 Å². The van der Waals surface area contributed by atoms with Gasteiger partial charge in [-0.2, -0.15) is 0 Å². The summed E-state index contributed by atoms with van der Waals surface area (Å²) in [5, 5.41) is 0. The van der Waals surface area contributed by atoms with Gasteiger partial charge in [-0.25, -0.2) is 4.79 Å². The first-order valence-electron chi connectivity index (χ1n) is 4.31. The molecule has 0 radical (unpaired) electrons. The third-order valence-corrected chi connectivity index (χ3v) is 1.87. The van der Waals surface area contributed by atoms with Crippen molar-refractivity contribution in [2.75, 3.05) is 7.11 Å². The van der Waals surface area contributed by atoms with Gasteiger partial charge in [-0.05, 0) is 6.07 Å². The fourth-order valence-electron chi connectivity index (χ4n) is 1.26. The van der Waals surface area contributed by atoms with E-state index < -0.39 is 19.3 Å². The number of rotatable bonds is 3. The highest BCUT2D eigenvalue weighted by Gasteiger charge is 2.25. The number of methoxy groups -OCH3 is 1. The summed E-state index contributed by atoms with van der Waals surface area (Å²) in [4.78, 5) is 11.1. The minimum atomic E-state index is -4.94. The van der Waals surface area contributed by atoms with Gasteiger partial charge in [-0.1, -0.05) is 30.1 Å². The van der Waals surface area contributed by atoms with Crippen LogP contribution in [0.4, 0.5) is 12.9 Å². The van der Waals surface area contributed by atoms with E-state index in [1.165, 1.54) is 24.3 Å². The van der Waals surface area contributed by atoms with Crippen molar-refractivity contribution in [2.24, 2.45) is 0 Å². The summed E-state index contributed by atoms with van der Waals surface area (Å²) >= 11 is 0. The van der Waals surface area contributed by atoms with E-state index in [1.807, 2.05) is 0 Å². The second kappa shape index (κ2) is 4.38. The number of halogens is 3. The number of hydrogen-bond acceptors (Lipinski definition) is 2. The van der Waals surface area contributed by atoms with Crippen LogP contribution >= 0.6 is 0 Å². The monoisotopic (exact) mass is 217 g/mol. The first-order chi connectivity index (χ1) is 6.94. The third kappa shape index (κ3) is 3.30. The molecule has 82 valence electrons. The molecule has 0 atom stereocenters. The van der Waals surface area contributed by atoms with Crippen LogP contribution in [-0.2, 0) is 11.1 Å². The Morgan fingerprint density at radius 2 is 1.93 bits per heavy atom. The summed E-state index contributed by atoms with van der Waals surface area (Å²) in [7, 11) is 1.14. The van der Waals surface area contributed by atoms with Crippen molar-refractivity contribution in [3.05, 3.63) is 35.4 Å². The molecule has 0 amide bonds. The van der Waals surface area contributed by atoms with Crippen LogP contribution in [0, 0.1) is 0 Å². The van der Waals surface area contributed by atoms with Gasteiger partial charge in [0.2, 0.25) is 0 Å². The Balaban J connectivity index is 3.02. The highest BCUT2D eigenvalue weighted by molar-refractivity contribution is 6.58. The van der Waals surface area contributed by atoms with Gasteiger partial charge >= 0.3 is 12.9 Å². The van der Waals surface area contributed by atoms with Crippen molar-refractivity contribution in [1.82, 2.24) is 0 Å². The molecular weight excluding hydrogens is 208 g/mol. The van der Waals surface area contributed by atoms with E-state index in [1.54, 1.807) is 0 Å². The summed E-state index contributed by atoms with van der Waals surface area (Å²) < 4.78 is 41.0. The quantitative estimate of drug-likeness (QED) is 0.573. The van der Waals surface area contributed by atoms with Crippen LogP contribution in [0.15, 0.2) is 24.3 Å². The van der Waals surface area contributed by atoms with Crippen LogP contribution < -0.4 is 0 Å². The third-order valence-electron chi connectivity index (χ3n) is 1.87. The average molecular weight is 217 g/mol. The molecule has 0 spiro atoms. The van der Waals surface area contributed by atoms with Crippen LogP contribution in [0.5, 0.6) is 0 Å². The topological polar surface area (TPSA) is 26.3 Å². The summed E-state index contributed by atoms with van der Waals surface area (Å²) in [6, 6.07) is 5.56. The van der Waals surface area contributed by atoms with E-state index in [4.69, 9.17) is 0 Å². The van der Waals surface area contributed by atoms with Crippen molar-refractivity contribution >= 4 is 12.9 Å². The largest absolute Gasteiger partial charge is 0.482 e. The Morgan fingerprint density at radius 1 is 1.33 bits per heavy atom. The molecule has 2 nitrogen and oxygen atoms in total. The average Bonchev–Trinajstić information content (AvgIpc) is 2.15. The maximum atomic E-state index is 12.2. The molecule has 1 aromatic carbocycles. The Morgan fingerprint density at radius 3 is 2.47 bits per heavy atom. The highest BCUT2D eigenvalue weighted by atomic mass is 19.4. The summed E-state index contributed by atoms with van der Waals surface area (Å²) in [6.45, 7) is -4.94. The Bertz CT molecular complexity index is 363. The Kier molecular flexibility index (Phi) is 3.39. The maximum absolute atomic E-state index is 12.2. The molecule has 0 unspecified atom stereocenters. The van der Waals surface area contributed by atoms with Crippen molar-refractivity contribution in [2.45, 2.75) is 6.32 Å². The molecule has 0 aliphatic rings. The summed E-state index contributed by atoms with van der Waals surface area (Å²) in [5.74, 6) is -0.745. The highest BCUT2D eigenvalue weighted by Crippen LogP contribution is 2.19. The van der Waals surface area contributed by atoms with E-state index in [9.17, 15) is 17.7 Å².